The van der Waals surface area contributed by atoms with Crippen LogP contribution in [-0.2, 0) is 19.0 Å². The first-order valence-electron chi connectivity index (χ1n) is 5.10. The Labute approximate surface area is 96.3 Å². The molecule has 0 aliphatic heterocycles. The largest absolute Gasteiger partial charge is 0.385 e. The molecule has 90 valence electrons. The van der Waals surface area contributed by atoms with Crippen LogP contribution in [0.25, 0.3) is 0 Å². The molecule has 0 bridgehead atoms. The molecule has 5 heteroatoms. The highest BCUT2D eigenvalue weighted by molar-refractivity contribution is 7.86. The number of hydrogen-bond donors (Lipinski definition) is 0. The van der Waals surface area contributed by atoms with E-state index < -0.39 is 10.1 Å². The molecule has 16 heavy (non-hydrogen) atoms. The third-order valence-electron chi connectivity index (χ3n) is 2.01. The Morgan fingerprint density at radius 2 is 1.69 bits per heavy atom. The Hall–Kier alpha value is -0.910. The smallest absolute Gasteiger partial charge is 0.296 e. The van der Waals surface area contributed by atoms with E-state index >= 15 is 0 Å². The molecule has 0 saturated carbocycles. The van der Waals surface area contributed by atoms with E-state index in [1.165, 1.54) is 12.1 Å². The average molecular weight is 244 g/mol. The SMILES string of the molecule is COCCCCOS(=O)(=O)c1ccccc1. The van der Waals surface area contributed by atoms with Crippen LogP contribution in [0.1, 0.15) is 12.8 Å². The second-order valence-electron chi connectivity index (χ2n) is 3.29. The highest BCUT2D eigenvalue weighted by atomic mass is 32.2. The van der Waals surface area contributed by atoms with Crippen LogP contribution >= 0.6 is 0 Å². The summed E-state index contributed by atoms with van der Waals surface area (Å²) in [6.07, 6.45) is 1.46. The van der Waals surface area contributed by atoms with Gasteiger partial charge in [-0.05, 0) is 25.0 Å². The third kappa shape index (κ3) is 4.30. The molecule has 1 rings (SSSR count). The molecule has 0 radical (unpaired) electrons. The van der Waals surface area contributed by atoms with Gasteiger partial charge in [0.2, 0.25) is 0 Å². The molecule has 0 unspecified atom stereocenters. The summed E-state index contributed by atoms with van der Waals surface area (Å²) in [6.45, 7) is 0.815. The third-order valence-corrected chi connectivity index (χ3v) is 3.34. The molecule has 0 N–H and O–H groups in total. The van der Waals surface area contributed by atoms with Gasteiger partial charge in [-0.15, -0.1) is 0 Å². The van der Waals surface area contributed by atoms with Crippen molar-refractivity contribution >= 4 is 10.1 Å². The highest BCUT2D eigenvalue weighted by Gasteiger charge is 2.13. The second-order valence-corrected chi connectivity index (χ2v) is 4.90. The van der Waals surface area contributed by atoms with Crippen molar-refractivity contribution in [1.29, 1.82) is 0 Å². The van der Waals surface area contributed by atoms with Crippen molar-refractivity contribution in [2.24, 2.45) is 0 Å². The first-order chi connectivity index (χ1) is 7.67. The predicted octanol–water partition coefficient (Wildman–Crippen LogP) is 1.82. The molecule has 1 aromatic rings. The number of methoxy groups -OCH3 is 1. The molecule has 0 spiro atoms. The van der Waals surface area contributed by atoms with Crippen molar-refractivity contribution in [1.82, 2.24) is 0 Å². The molecule has 4 nitrogen and oxygen atoms in total. The van der Waals surface area contributed by atoms with Gasteiger partial charge >= 0.3 is 0 Å². The van der Waals surface area contributed by atoms with Crippen molar-refractivity contribution in [2.75, 3.05) is 20.3 Å². The molecule has 0 aliphatic carbocycles. The van der Waals surface area contributed by atoms with E-state index in [1.807, 2.05) is 0 Å². The molecule has 0 aromatic heterocycles. The normalized spacial score (nSPS) is 11.6. The second kappa shape index (κ2) is 6.62. The summed E-state index contributed by atoms with van der Waals surface area (Å²) in [5.74, 6) is 0. The Kier molecular flexibility index (Phi) is 5.45. The molecule has 0 heterocycles. The first kappa shape index (κ1) is 13.2. The molecule has 0 fully saturated rings. The van der Waals surface area contributed by atoms with Gasteiger partial charge in [0.25, 0.3) is 10.1 Å². The fraction of sp³-hybridized carbons (Fsp3) is 0.455. The van der Waals surface area contributed by atoms with Gasteiger partial charge in [0.15, 0.2) is 0 Å². The van der Waals surface area contributed by atoms with Crippen molar-refractivity contribution in [2.45, 2.75) is 17.7 Å². The van der Waals surface area contributed by atoms with Gasteiger partial charge in [0.05, 0.1) is 11.5 Å². The van der Waals surface area contributed by atoms with E-state index in [2.05, 4.69) is 0 Å². The number of ether oxygens (including phenoxy) is 1. The van der Waals surface area contributed by atoms with Crippen molar-refractivity contribution in [3.05, 3.63) is 30.3 Å². The predicted molar refractivity (Wildman–Crippen MR) is 60.7 cm³/mol. The van der Waals surface area contributed by atoms with Gasteiger partial charge < -0.3 is 4.74 Å². The number of unbranched alkanes of at least 4 members (excludes halogenated alkanes) is 1. The summed E-state index contributed by atoms with van der Waals surface area (Å²) in [5, 5.41) is 0. The van der Waals surface area contributed by atoms with Crippen molar-refractivity contribution in [3.8, 4) is 0 Å². The Balaban J connectivity index is 2.41. The quantitative estimate of drug-likeness (QED) is 0.542. The molecule has 0 amide bonds. The lowest BCUT2D eigenvalue weighted by Gasteiger charge is -2.04. The van der Waals surface area contributed by atoms with Crippen LogP contribution in [0, 0.1) is 0 Å². The number of rotatable bonds is 7. The summed E-state index contributed by atoms with van der Waals surface area (Å²) in [7, 11) is -1.98. The van der Waals surface area contributed by atoms with Crippen LogP contribution in [0.3, 0.4) is 0 Å². The maximum Gasteiger partial charge on any atom is 0.296 e. The molecule has 0 atom stereocenters. The monoisotopic (exact) mass is 244 g/mol. The fourth-order valence-corrected chi connectivity index (χ4v) is 2.14. The molecule has 0 saturated heterocycles. The topological polar surface area (TPSA) is 52.6 Å². The zero-order valence-corrected chi connectivity index (χ0v) is 10.1. The number of benzene rings is 1. The van der Waals surface area contributed by atoms with E-state index in [4.69, 9.17) is 8.92 Å². The zero-order valence-electron chi connectivity index (χ0n) is 9.26. The minimum atomic E-state index is -3.59. The van der Waals surface area contributed by atoms with Crippen LogP contribution in [0.4, 0.5) is 0 Å². The van der Waals surface area contributed by atoms with E-state index in [0.29, 0.717) is 13.0 Å². The van der Waals surface area contributed by atoms with E-state index in [0.717, 1.165) is 6.42 Å². The Morgan fingerprint density at radius 1 is 1.06 bits per heavy atom. The van der Waals surface area contributed by atoms with Gasteiger partial charge in [-0.1, -0.05) is 18.2 Å². The summed E-state index contributed by atoms with van der Waals surface area (Å²) in [4.78, 5) is 0.196. The Bertz CT molecular complexity index is 386. The zero-order chi connectivity index (χ0) is 11.9. The van der Waals surface area contributed by atoms with Crippen LogP contribution in [0.15, 0.2) is 35.2 Å². The van der Waals surface area contributed by atoms with Gasteiger partial charge in [-0.3, -0.25) is 4.18 Å². The first-order valence-corrected chi connectivity index (χ1v) is 6.51. The van der Waals surface area contributed by atoms with Crippen molar-refractivity contribution < 1.29 is 17.3 Å². The highest BCUT2D eigenvalue weighted by Crippen LogP contribution is 2.11. The average Bonchev–Trinajstić information content (AvgIpc) is 2.30. The van der Waals surface area contributed by atoms with Gasteiger partial charge in [0, 0.05) is 13.7 Å². The van der Waals surface area contributed by atoms with Crippen molar-refractivity contribution in [3.63, 3.8) is 0 Å². The Morgan fingerprint density at radius 3 is 2.31 bits per heavy atom. The van der Waals surface area contributed by atoms with Gasteiger partial charge in [-0.2, -0.15) is 8.42 Å². The van der Waals surface area contributed by atoms with Crippen LogP contribution in [-0.4, -0.2) is 28.7 Å². The lowest BCUT2D eigenvalue weighted by atomic mass is 10.3. The van der Waals surface area contributed by atoms with Gasteiger partial charge in [-0.25, -0.2) is 0 Å². The molecule has 0 aliphatic rings. The summed E-state index contributed by atoms with van der Waals surface area (Å²) >= 11 is 0. The molecular weight excluding hydrogens is 228 g/mol. The maximum atomic E-state index is 11.6. The number of hydrogen-bond acceptors (Lipinski definition) is 4. The van der Waals surface area contributed by atoms with E-state index in [-0.39, 0.29) is 11.5 Å². The van der Waals surface area contributed by atoms with E-state index in [9.17, 15) is 8.42 Å². The lowest BCUT2D eigenvalue weighted by Crippen LogP contribution is -2.07. The van der Waals surface area contributed by atoms with E-state index in [1.54, 1.807) is 25.3 Å². The van der Waals surface area contributed by atoms with Crippen LogP contribution in [0.2, 0.25) is 0 Å². The fourth-order valence-electron chi connectivity index (χ4n) is 1.17. The summed E-state index contributed by atoms with van der Waals surface area (Å²) < 4.78 is 33.0. The summed E-state index contributed by atoms with van der Waals surface area (Å²) in [6, 6.07) is 8.13. The lowest BCUT2D eigenvalue weighted by molar-refractivity contribution is 0.184. The minimum Gasteiger partial charge on any atom is -0.385 e. The molecule has 1 aromatic carbocycles. The summed E-state index contributed by atoms with van der Waals surface area (Å²) in [5.41, 5.74) is 0. The molecular formula is C11H16O4S. The van der Waals surface area contributed by atoms with Crippen LogP contribution in [0.5, 0.6) is 0 Å². The van der Waals surface area contributed by atoms with Crippen LogP contribution < -0.4 is 0 Å². The minimum absolute atomic E-state index is 0.195. The standard InChI is InChI=1S/C11H16O4S/c1-14-9-5-6-10-15-16(12,13)11-7-3-2-4-8-11/h2-4,7-8H,5-6,9-10H2,1H3. The van der Waals surface area contributed by atoms with Gasteiger partial charge in [0.1, 0.15) is 0 Å². The maximum absolute atomic E-state index is 11.6.